The lowest BCUT2D eigenvalue weighted by Crippen LogP contribution is -2.23. The Labute approximate surface area is 216 Å². The van der Waals surface area contributed by atoms with Crippen molar-refractivity contribution in [2.75, 3.05) is 17.2 Å². The van der Waals surface area contributed by atoms with Gasteiger partial charge in [0.1, 0.15) is 0 Å². The van der Waals surface area contributed by atoms with E-state index in [1.54, 1.807) is 13.8 Å². The molecule has 13 heteroatoms. The summed E-state index contributed by atoms with van der Waals surface area (Å²) >= 11 is 0. The highest BCUT2D eigenvalue weighted by atomic mass is 35.5. The van der Waals surface area contributed by atoms with Gasteiger partial charge in [-0.15, -0.1) is 12.4 Å². The average Bonchev–Trinajstić information content (AvgIpc) is 2.81. The molecule has 0 aliphatic heterocycles. The number of amides is 2. The Morgan fingerprint density at radius 1 is 1.19 bits per heavy atom. The molecule has 0 radical (unpaired) electrons. The molecule has 0 bridgehead atoms. The van der Waals surface area contributed by atoms with Crippen LogP contribution in [0.4, 0.5) is 29.3 Å². The molecule has 3 rings (SSSR count). The second kappa shape index (κ2) is 11.3. The number of urea groups is 1. The minimum Gasteiger partial charge on any atom is -0.488 e. The number of carbonyl (C=O) groups excluding carboxylic acids is 1. The van der Waals surface area contributed by atoms with E-state index in [-0.39, 0.29) is 40.9 Å². The molecule has 0 saturated heterocycles. The minimum absolute atomic E-state index is 0. The highest BCUT2D eigenvalue weighted by molar-refractivity contribution is 6.00. The van der Waals surface area contributed by atoms with Crippen molar-refractivity contribution in [2.45, 2.75) is 39.3 Å². The largest absolute Gasteiger partial charge is 0.488 e. The molecule has 3 aromatic rings. The summed E-state index contributed by atoms with van der Waals surface area (Å²) < 4.78 is 46.1. The molecule has 0 saturated carbocycles. The summed E-state index contributed by atoms with van der Waals surface area (Å²) in [5.41, 5.74) is -2.00. The number of aromatic nitrogens is 3. The Morgan fingerprint density at radius 2 is 1.89 bits per heavy atom. The van der Waals surface area contributed by atoms with Gasteiger partial charge in [-0.05, 0) is 51.5 Å². The summed E-state index contributed by atoms with van der Waals surface area (Å²) in [6.45, 7) is 6.41. The molecule has 1 aromatic carbocycles. The van der Waals surface area contributed by atoms with Crippen molar-refractivity contribution >= 4 is 29.8 Å². The van der Waals surface area contributed by atoms with Crippen LogP contribution in [0.15, 0.2) is 41.5 Å². The number of hydrogen-bond donors (Lipinski definition) is 3. The molecule has 2 heterocycles. The smallest absolute Gasteiger partial charge is 0.416 e. The van der Waals surface area contributed by atoms with Gasteiger partial charge in [-0.2, -0.15) is 18.4 Å². The van der Waals surface area contributed by atoms with Crippen molar-refractivity contribution in [3.63, 3.8) is 0 Å². The van der Waals surface area contributed by atoms with Crippen LogP contribution in [0.25, 0.3) is 11.4 Å². The molecular weight excluding hydrogens is 513 g/mol. The predicted molar refractivity (Wildman–Crippen MR) is 134 cm³/mol. The van der Waals surface area contributed by atoms with E-state index < -0.39 is 28.7 Å². The number of rotatable bonds is 6. The van der Waals surface area contributed by atoms with Gasteiger partial charge in [-0.3, -0.25) is 4.79 Å². The standard InChI is InChI=1S/C24H23F3N6O3.ClH/c1-5-36-19-8-14(10-30-21(19)34)20-29-11-18(13(2)31-20)33-22(35)32-15-6-7-16(23(3,4)12-28)17(9-15)24(25,26)27;/h6-11H,5H2,1-4H3,(H,30,34)(H2,32,33,35);1H. The predicted octanol–water partition coefficient (Wildman–Crippen LogP) is 5.42. The molecule has 0 fully saturated rings. The maximum Gasteiger partial charge on any atom is 0.416 e. The van der Waals surface area contributed by atoms with Gasteiger partial charge in [0.05, 0.1) is 41.2 Å². The van der Waals surface area contributed by atoms with Crippen LogP contribution >= 0.6 is 12.4 Å². The van der Waals surface area contributed by atoms with Gasteiger partial charge in [-0.1, -0.05) is 6.07 Å². The SMILES string of the molecule is CCOc1cc(-c2ncc(NC(=O)Nc3ccc(C(C)(C)C#N)c(C(F)(F)F)c3)c(C)n2)c[nH]c1=O.Cl. The first kappa shape index (κ1) is 29.1. The Morgan fingerprint density at radius 3 is 2.49 bits per heavy atom. The van der Waals surface area contributed by atoms with E-state index in [2.05, 4.69) is 25.6 Å². The second-order valence-electron chi connectivity index (χ2n) is 8.28. The fourth-order valence-corrected chi connectivity index (χ4v) is 3.33. The zero-order chi connectivity index (χ0) is 26.7. The van der Waals surface area contributed by atoms with Gasteiger partial charge in [-0.25, -0.2) is 14.8 Å². The number of aromatic amines is 1. The van der Waals surface area contributed by atoms with Gasteiger partial charge >= 0.3 is 12.2 Å². The maximum atomic E-state index is 13.6. The third-order valence-corrected chi connectivity index (χ3v) is 5.19. The number of nitrogens with zero attached hydrogens (tertiary/aromatic N) is 3. The van der Waals surface area contributed by atoms with Gasteiger partial charge in [0.15, 0.2) is 11.6 Å². The molecule has 0 spiro atoms. The average molecular weight is 537 g/mol. The van der Waals surface area contributed by atoms with Crippen molar-refractivity contribution in [1.29, 1.82) is 5.26 Å². The number of alkyl halides is 3. The number of hydrogen-bond acceptors (Lipinski definition) is 6. The molecule has 37 heavy (non-hydrogen) atoms. The van der Waals surface area contributed by atoms with Crippen molar-refractivity contribution in [3.8, 4) is 23.2 Å². The summed E-state index contributed by atoms with van der Waals surface area (Å²) in [5, 5.41) is 14.1. The fraction of sp³-hybridized carbons (Fsp3) is 0.292. The molecule has 0 unspecified atom stereocenters. The number of ether oxygens (including phenoxy) is 1. The number of anilines is 2. The van der Waals surface area contributed by atoms with E-state index in [0.29, 0.717) is 17.9 Å². The molecule has 0 atom stereocenters. The third-order valence-electron chi connectivity index (χ3n) is 5.19. The third kappa shape index (κ3) is 6.77. The summed E-state index contributed by atoms with van der Waals surface area (Å²) in [6.07, 6.45) is -1.96. The second-order valence-corrected chi connectivity index (χ2v) is 8.28. The zero-order valence-corrected chi connectivity index (χ0v) is 21.1. The van der Waals surface area contributed by atoms with E-state index in [4.69, 9.17) is 4.74 Å². The van der Waals surface area contributed by atoms with E-state index in [1.165, 1.54) is 44.4 Å². The van der Waals surface area contributed by atoms with E-state index in [1.807, 2.05) is 6.07 Å². The van der Waals surface area contributed by atoms with Gasteiger partial charge in [0.2, 0.25) is 0 Å². The minimum atomic E-state index is -4.72. The number of benzene rings is 1. The van der Waals surface area contributed by atoms with E-state index in [9.17, 15) is 28.0 Å². The van der Waals surface area contributed by atoms with Crippen molar-refractivity contribution in [3.05, 3.63) is 63.8 Å². The molecular formula is C24H24ClF3N6O3. The molecule has 3 N–H and O–H groups in total. The van der Waals surface area contributed by atoms with E-state index >= 15 is 0 Å². The number of nitrogens with one attached hydrogen (secondary N) is 3. The number of carbonyl (C=O) groups is 1. The van der Waals surface area contributed by atoms with Crippen LogP contribution < -0.4 is 20.9 Å². The monoisotopic (exact) mass is 536 g/mol. The number of halogens is 4. The lowest BCUT2D eigenvalue weighted by molar-refractivity contribution is -0.138. The normalized spacial score (nSPS) is 11.2. The molecule has 196 valence electrons. The van der Waals surface area contributed by atoms with Crippen molar-refractivity contribution in [2.24, 2.45) is 0 Å². The quantitative estimate of drug-likeness (QED) is 0.385. The van der Waals surface area contributed by atoms with Crippen LogP contribution in [-0.2, 0) is 11.6 Å². The zero-order valence-electron chi connectivity index (χ0n) is 20.3. The molecule has 0 aliphatic carbocycles. The highest BCUT2D eigenvalue weighted by Gasteiger charge is 2.38. The van der Waals surface area contributed by atoms with E-state index in [0.717, 1.165) is 6.07 Å². The summed E-state index contributed by atoms with van der Waals surface area (Å²) in [7, 11) is 0. The summed E-state index contributed by atoms with van der Waals surface area (Å²) in [5.74, 6) is 0.376. The van der Waals surface area contributed by atoms with Gasteiger partial charge < -0.3 is 20.4 Å². The van der Waals surface area contributed by atoms with Gasteiger partial charge in [0.25, 0.3) is 5.56 Å². The number of H-pyrrole nitrogens is 1. The van der Waals surface area contributed by atoms with Crippen LogP contribution in [0, 0.1) is 18.3 Å². The van der Waals surface area contributed by atoms with Crippen LogP contribution in [0.2, 0.25) is 0 Å². The number of pyridine rings is 1. The lowest BCUT2D eigenvalue weighted by atomic mass is 9.83. The van der Waals surface area contributed by atoms with Crippen molar-refractivity contribution in [1.82, 2.24) is 15.0 Å². The van der Waals surface area contributed by atoms with Crippen molar-refractivity contribution < 1.29 is 22.7 Å². The number of nitriles is 1. The fourth-order valence-electron chi connectivity index (χ4n) is 3.33. The Bertz CT molecular complexity index is 1400. The molecule has 0 aliphatic rings. The topological polar surface area (TPSA) is 133 Å². The van der Waals surface area contributed by atoms with Crippen LogP contribution in [-0.4, -0.2) is 27.6 Å². The molecule has 2 amide bonds. The highest BCUT2D eigenvalue weighted by Crippen LogP contribution is 2.39. The Balaban J connectivity index is 0.00000481. The van der Waals surface area contributed by atoms with Crippen LogP contribution in [0.3, 0.4) is 0 Å². The first-order valence-corrected chi connectivity index (χ1v) is 10.8. The number of aryl methyl sites for hydroxylation is 1. The van der Waals surface area contributed by atoms with Crippen LogP contribution in [0.1, 0.15) is 37.6 Å². The summed E-state index contributed by atoms with van der Waals surface area (Å²) in [4.78, 5) is 35.3. The first-order valence-electron chi connectivity index (χ1n) is 10.8. The first-order chi connectivity index (χ1) is 16.9. The summed E-state index contributed by atoms with van der Waals surface area (Å²) in [6, 6.07) is 5.79. The Kier molecular flexibility index (Phi) is 8.90. The molecule has 9 nitrogen and oxygen atoms in total. The van der Waals surface area contributed by atoms with Gasteiger partial charge in [0, 0.05) is 17.4 Å². The molecule has 2 aromatic heterocycles. The lowest BCUT2D eigenvalue weighted by Gasteiger charge is -2.22. The maximum absolute atomic E-state index is 13.6. The van der Waals surface area contributed by atoms with Crippen LogP contribution in [0.5, 0.6) is 5.75 Å². The Hall–Kier alpha value is -4.11.